The van der Waals surface area contributed by atoms with Crippen molar-refractivity contribution in [3.05, 3.63) is 12.7 Å². The highest BCUT2D eigenvalue weighted by atomic mass is 32.2. The minimum atomic E-state index is 0.285. The lowest BCUT2D eigenvalue weighted by Gasteiger charge is -1.98. The minimum absolute atomic E-state index is 0.285. The first-order valence-corrected chi connectivity index (χ1v) is 4.10. The molecule has 0 aromatic heterocycles. The monoisotopic (exact) mass is 142 g/mol. The van der Waals surface area contributed by atoms with Crippen LogP contribution in [0.5, 0.6) is 0 Å². The molecule has 0 amide bonds. The van der Waals surface area contributed by atoms with Crippen LogP contribution in [0.15, 0.2) is 12.7 Å². The van der Waals surface area contributed by atoms with E-state index in [-0.39, 0.29) is 5.92 Å². The molecular formula is C7H10OS. The fraction of sp³-hybridized carbons (Fsp3) is 0.571. The highest BCUT2D eigenvalue weighted by Crippen LogP contribution is 2.27. The van der Waals surface area contributed by atoms with Gasteiger partial charge in [0.15, 0.2) is 5.12 Å². The first kappa shape index (κ1) is 6.87. The molecule has 1 heterocycles. The van der Waals surface area contributed by atoms with Crippen LogP contribution in [0.2, 0.25) is 0 Å². The molecule has 1 nitrogen and oxygen atoms in total. The Kier molecular flexibility index (Phi) is 2.34. The zero-order valence-electron chi connectivity index (χ0n) is 5.30. The van der Waals surface area contributed by atoms with E-state index in [4.69, 9.17) is 0 Å². The molecule has 0 bridgehead atoms. The lowest BCUT2D eigenvalue weighted by molar-refractivity contribution is -0.113. The fourth-order valence-electron chi connectivity index (χ4n) is 0.953. The zero-order chi connectivity index (χ0) is 6.69. The molecule has 1 aliphatic rings. The molecule has 0 N–H and O–H groups in total. The quantitative estimate of drug-likeness (QED) is 0.547. The molecule has 1 atom stereocenters. The van der Waals surface area contributed by atoms with E-state index >= 15 is 0 Å². The third-order valence-electron chi connectivity index (χ3n) is 1.50. The second-order valence-electron chi connectivity index (χ2n) is 2.18. The van der Waals surface area contributed by atoms with Gasteiger partial charge in [0.1, 0.15) is 0 Å². The van der Waals surface area contributed by atoms with Gasteiger partial charge >= 0.3 is 0 Å². The number of carbonyl (C=O) groups excluding carboxylic acids is 1. The van der Waals surface area contributed by atoms with Crippen LogP contribution in [0, 0.1) is 5.92 Å². The van der Waals surface area contributed by atoms with Crippen LogP contribution in [0.3, 0.4) is 0 Å². The molecule has 0 aliphatic carbocycles. The molecule has 0 saturated carbocycles. The summed E-state index contributed by atoms with van der Waals surface area (Å²) in [4.78, 5) is 10.9. The summed E-state index contributed by atoms with van der Waals surface area (Å²) in [5.41, 5.74) is 0. The number of rotatable bonds is 2. The van der Waals surface area contributed by atoms with E-state index in [2.05, 4.69) is 6.58 Å². The SMILES string of the molecule is C=CC[C@@H]1CCSC1=O. The lowest BCUT2D eigenvalue weighted by atomic mass is 10.1. The molecule has 0 unspecified atom stereocenters. The summed E-state index contributed by atoms with van der Waals surface area (Å²) in [6.07, 6.45) is 3.75. The van der Waals surface area contributed by atoms with Crippen molar-refractivity contribution in [3.8, 4) is 0 Å². The van der Waals surface area contributed by atoms with Gasteiger partial charge in [0.2, 0.25) is 0 Å². The molecule has 1 aliphatic heterocycles. The number of thioether (sulfide) groups is 1. The summed E-state index contributed by atoms with van der Waals surface area (Å²) in [5.74, 6) is 1.30. The summed E-state index contributed by atoms with van der Waals surface area (Å²) in [6.45, 7) is 3.60. The molecule has 50 valence electrons. The van der Waals surface area contributed by atoms with Crippen molar-refractivity contribution in [1.29, 1.82) is 0 Å². The molecule has 0 aromatic carbocycles. The van der Waals surface area contributed by atoms with Gasteiger partial charge in [-0.05, 0) is 12.8 Å². The van der Waals surface area contributed by atoms with Gasteiger partial charge in [-0.3, -0.25) is 4.79 Å². The van der Waals surface area contributed by atoms with Crippen LogP contribution in [-0.4, -0.2) is 10.9 Å². The fourth-order valence-corrected chi connectivity index (χ4v) is 2.01. The summed E-state index contributed by atoms with van der Waals surface area (Å²) in [6, 6.07) is 0. The van der Waals surface area contributed by atoms with Gasteiger partial charge in [-0.1, -0.05) is 17.8 Å². The molecule has 2 heteroatoms. The second kappa shape index (κ2) is 3.06. The van der Waals surface area contributed by atoms with Gasteiger partial charge < -0.3 is 0 Å². The van der Waals surface area contributed by atoms with Crippen molar-refractivity contribution in [2.45, 2.75) is 12.8 Å². The Bertz CT molecular complexity index is 131. The van der Waals surface area contributed by atoms with Crippen molar-refractivity contribution in [2.75, 3.05) is 5.75 Å². The zero-order valence-corrected chi connectivity index (χ0v) is 6.12. The average molecular weight is 142 g/mol. The average Bonchev–Trinajstić information content (AvgIpc) is 2.18. The van der Waals surface area contributed by atoms with Crippen molar-refractivity contribution in [3.63, 3.8) is 0 Å². The standard InChI is InChI=1S/C7H10OS/c1-2-3-6-4-5-9-7(6)8/h2,6H,1,3-5H2/t6-/m1/s1. The number of allylic oxidation sites excluding steroid dienone is 1. The summed E-state index contributed by atoms with van der Waals surface area (Å²) >= 11 is 1.46. The highest BCUT2D eigenvalue weighted by molar-refractivity contribution is 8.14. The maximum atomic E-state index is 10.9. The minimum Gasteiger partial charge on any atom is -0.287 e. The van der Waals surface area contributed by atoms with Gasteiger partial charge in [-0.15, -0.1) is 6.58 Å². The van der Waals surface area contributed by atoms with Crippen molar-refractivity contribution >= 4 is 16.9 Å². The summed E-state index contributed by atoms with van der Waals surface area (Å²) in [5, 5.41) is 0.356. The van der Waals surface area contributed by atoms with Crippen molar-refractivity contribution in [2.24, 2.45) is 5.92 Å². The van der Waals surface area contributed by atoms with E-state index in [1.54, 1.807) is 0 Å². The normalized spacial score (nSPS) is 26.7. The third kappa shape index (κ3) is 1.58. The topological polar surface area (TPSA) is 17.1 Å². The van der Waals surface area contributed by atoms with Gasteiger partial charge in [0, 0.05) is 11.7 Å². The van der Waals surface area contributed by atoms with Gasteiger partial charge in [-0.25, -0.2) is 0 Å². The largest absolute Gasteiger partial charge is 0.287 e. The van der Waals surface area contributed by atoms with Crippen LogP contribution >= 0.6 is 11.8 Å². The molecular weight excluding hydrogens is 132 g/mol. The Labute approximate surface area is 59.5 Å². The van der Waals surface area contributed by atoms with Crippen LogP contribution < -0.4 is 0 Å². The predicted octanol–water partition coefficient (Wildman–Crippen LogP) is 1.84. The van der Waals surface area contributed by atoms with Gasteiger partial charge in [-0.2, -0.15) is 0 Å². The number of hydrogen-bond acceptors (Lipinski definition) is 2. The maximum Gasteiger partial charge on any atom is 0.192 e. The lowest BCUT2D eigenvalue weighted by Crippen LogP contribution is -2.01. The Hall–Kier alpha value is -0.240. The van der Waals surface area contributed by atoms with Crippen LogP contribution in [0.25, 0.3) is 0 Å². The molecule has 1 rings (SSSR count). The third-order valence-corrected chi connectivity index (χ3v) is 2.55. The van der Waals surface area contributed by atoms with Gasteiger partial charge in [0.25, 0.3) is 0 Å². The summed E-state index contributed by atoms with van der Waals surface area (Å²) in [7, 11) is 0. The summed E-state index contributed by atoms with van der Waals surface area (Å²) < 4.78 is 0. The number of carbonyl (C=O) groups is 1. The van der Waals surface area contributed by atoms with E-state index in [9.17, 15) is 4.79 Å². The van der Waals surface area contributed by atoms with Crippen LogP contribution in [0.4, 0.5) is 0 Å². The molecule has 1 saturated heterocycles. The van der Waals surface area contributed by atoms with Crippen LogP contribution in [0.1, 0.15) is 12.8 Å². The van der Waals surface area contributed by atoms with Crippen LogP contribution in [-0.2, 0) is 4.79 Å². The molecule has 9 heavy (non-hydrogen) atoms. The molecule has 1 fully saturated rings. The Balaban J connectivity index is 2.39. The Morgan fingerprint density at radius 2 is 2.67 bits per heavy atom. The van der Waals surface area contributed by atoms with Crippen molar-refractivity contribution < 1.29 is 4.79 Å². The molecule has 0 spiro atoms. The molecule has 0 radical (unpaired) electrons. The van der Waals surface area contributed by atoms with Gasteiger partial charge in [0.05, 0.1) is 0 Å². The Morgan fingerprint density at radius 3 is 3.11 bits per heavy atom. The van der Waals surface area contributed by atoms with E-state index in [1.165, 1.54) is 11.8 Å². The van der Waals surface area contributed by atoms with E-state index in [0.717, 1.165) is 18.6 Å². The second-order valence-corrected chi connectivity index (χ2v) is 3.28. The smallest absolute Gasteiger partial charge is 0.192 e. The first-order valence-electron chi connectivity index (χ1n) is 3.12. The van der Waals surface area contributed by atoms with E-state index in [1.807, 2.05) is 6.08 Å². The van der Waals surface area contributed by atoms with E-state index in [0.29, 0.717) is 5.12 Å². The highest BCUT2D eigenvalue weighted by Gasteiger charge is 2.23. The van der Waals surface area contributed by atoms with E-state index < -0.39 is 0 Å². The number of hydrogen-bond donors (Lipinski definition) is 0. The Morgan fingerprint density at radius 1 is 1.89 bits per heavy atom. The predicted molar refractivity (Wildman–Crippen MR) is 40.4 cm³/mol. The van der Waals surface area contributed by atoms with Crippen molar-refractivity contribution in [1.82, 2.24) is 0 Å². The maximum absolute atomic E-state index is 10.9. The molecule has 0 aromatic rings. The first-order chi connectivity index (χ1) is 4.34.